The van der Waals surface area contributed by atoms with Gasteiger partial charge in [-0.25, -0.2) is 5.01 Å². The van der Waals surface area contributed by atoms with E-state index in [1.165, 1.54) is 11.1 Å². The maximum Gasteiger partial charge on any atom is 0.188 e. The maximum atomic E-state index is 5.84. The molecule has 0 spiro atoms. The summed E-state index contributed by atoms with van der Waals surface area (Å²) in [6, 6.07) is 31.6. The fourth-order valence-corrected chi connectivity index (χ4v) is 3.96. The van der Waals surface area contributed by atoms with Gasteiger partial charge in [0, 0.05) is 18.8 Å². The van der Waals surface area contributed by atoms with Gasteiger partial charge in [0.05, 0.1) is 6.04 Å². The quantitative estimate of drug-likeness (QED) is 0.630. The molecule has 0 saturated carbocycles. The second-order valence-corrected chi connectivity index (χ2v) is 7.12. The van der Waals surface area contributed by atoms with Gasteiger partial charge in [-0.3, -0.25) is 5.01 Å². The summed E-state index contributed by atoms with van der Waals surface area (Å²) in [7, 11) is 0. The van der Waals surface area contributed by atoms with E-state index in [1.807, 2.05) is 30.3 Å². The molecule has 1 aliphatic rings. The molecule has 0 aliphatic carbocycles. The van der Waals surface area contributed by atoms with Crippen LogP contribution in [0.3, 0.4) is 0 Å². The first-order valence-electron chi connectivity index (χ1n) is 9.30. The lowest BCUT2D eigenvalue weighted by Crippen LogP contribution is -2.44. The molecule has 0 radical (unpaired) electrons. The maximum absolute atomic E-state index is 5.84. The van der Waals surface area contributed by atoms with Crippen LogP contribution in [0.15, 0.2) is 91.0 Å². The lowest BCUT2D eigenvalue weighted by atomic mass is 10.1. The summed E-state index contributed by atoms with van der Waals surface area (Å²) in [5, 5.41) is 8.76. The Labute approximate surface area is 166 Å². The van der Waals surface area contributed by atoms with Crippen LogP contribution in [0.2, 0.25) is 0 Å². The minimum Gasteiger partial charge on any atom is -0.332 e. The molecule has 1 aliphatic heterocycles. The van der Waals surface area contributed by atoms with E-state index in [0.29, 0.717) is 0 Å². The molecular formula is C23H23N3S. The molecule has 1 heterocycles. The Balaban J connectivity index is 1.60. The molecule has 1 atom stereocenters. The largest absolute Gasteiger partial charge is 0.332 e. The number of benzene rings is 3. The van der Waals surface area contributed by atoms with Gasteiger partial charge in [-0.2, -0.15) is 0 Å². The molecule has 1 fully saturated rings. The van der Waals surface area contributed by atoms with Crippen LogP contribution in [-0.2, 0) is 6.54 Å². The molecule has 4 rings (SSSR count). The highest BCUT2D eigenvalue weighted by Gasteiger charge is 2.34. The van der Waals surface area contributed by atoms with E-state index in [9.17, 15) is 0 Å². The van der Waals surface area contributed by atoms with E-state index >= 15 is 0 Å². The van der Waals surface area contributed by atoms with E-state index in [1.54, 1.807) is 0 Å². The van der Waals surface area contributed by atoms with Gasteiger partial charge in [-0.05, 0) is 41.9 Å². The first kappa shape index (κ1) is 17.7. The van der Waals surface area contributed by atoms with Crippen LogP contribution in [-0.4, -0.2) is 21.7 Å². The Hall–Kier alpha value is -2.69. The second kappa shape index (κ2) is 8.33. The number of hydrogen-bond acceptors (Lipinski definition) is 2. The van der Waals surface area contributed by atoms with Crippen molar-refractivity contribution in [2.75, 3.05) is 11.9 Å². The fourth-order valence-electron chi connectivity index (χ4n) is 3.60. The number of nitrogens with one attached hydrogen (secondary N) is 1. The van der Waals surface area contributed by atoms with E-state index in [4.69, 9.17) is 12.2 Å². The highest BCUT2D eigenvalue weighted by Crippen LogP contribution is 2.34. The Kier molecular flexibility index (Phi) is 5.47. The molecule has 1 saturated heterocycles. The Morgan fingerprint density at radius 2 is 1.44 bits per heavy atom. The number of para-hydroxylation sites is 1. The van der Waals surface area contributed by atoms with Crippen molar-refractivity contribution in [3.63, 3.8) is 0 Å². The molecule has 1 N–H and O–H groups in total. The van der Waals surface area contributed by atoms with Gasteiger partial charge in [0.1, 0.15) is 0 Å². The van der Waals surface area contributed by atoms with Gasteiger partial charge < -0.3 is 5.32 Å². The summed E-state index contributed by atoms with van der Waals surface area (Å²) in [6.07, 6.45) is 1.05. The van der Waals surface area contributed by atoms with Gasteiger partial charge in [0.25, 0.3) is 0 Å². The lowest BCUT2D eigenvalue weighted by molar-refractivity contribution is 0.0692. The lowest BCUT2D eigenvalue weighted by Gasteiger charge is -2.35. The molecule has 0 amide bonds. The van der Waals surface area contributed by atoms with Crippen molar-refractivity contribution in [2.45, 2.75) is 19.0 Å². The average Bonchev–Trinajstić information content (AvgIpc) is 3.14. The summed E-state index contributed by atoms with van der Waals surface area (Å²) in [6.45, 7) is 1.83. The summed E-state index contributed by atoms with van der Waals surface area (Å²) >= 11 is 5.84. The first-order chi connectivity index (χ1) is 13.3. The van der Waals surface area contributed by atoms with E-state index in [2.05, 4.69) is 76.0 Å². The van der Waals surface area contributed by atoms with Crippen molar-refractivity contribution in [1.29, 1.82) is 0 Å². The van der Waals surface area contributed by atoms with Crippen LogP contribution in [0.4, 0.5) is 5.69 Å². The average molecular weight is 374 g/mol. The van der Waals surface area contributed by atoms with E-state index in [0.717, 1.165) is 30.3 Å². The zero-order valence-electron chi connectivity index (χ0n) is 15.2. The third-order valence-electron chi connectivity index (χ3n) is 4.89. The minimum absolute atomic E-state index is 0.249. The van der Waals surface area contributed by atoms with Crippen molar-refractivity contribution in [2.24, 2.45) is 0 Å². The van der Waals surface area contributed by atoms with Gasteiger partial charge in [-0.15, -0.1) is 0 Å². The molecule has 3 aromatic carbocycles. The Morgan fingerprint density at radius 1 is 0.852 bits per heavy atom. The molecule has 0 unspecified atom stereocenters. The van der Waals surface area contributed by atoms with Gasteiger partial charge in [0.15, 0.2) is 5.11 Å². The second-order valence-electron chi connectivity index (χ2n) is 6.73. The van der Waals surface area contributed by atoms with Crippen LogP contribution < -0.4 is 5.32 Å². The van der Waals surface area contributed by atoms with Gasteiger partial charge in [0.2, 0.25) is 0 Å². The standard InChI is InChI=1S/C23H23N3S/c27-23(24-21-14-8-3-9-15-21)26-22(20-12-6-2-7-13-20)16-17-25(26)18-19-10-4-1-5-11-19/h1-15,22H,16-18H2,(H,24,27)/t22-/m0/s1. The number of thiocarbonyl (C=S) groups is 1. The molecule has 27 heavy (non-hydrogen) atoms. The molecule has 3 nitrogen and oxygen atoms in total. The van der Waals surface area contributed by atoms with Crippen LogP contribution in [0, 0.1) is 0 Å². The number of nitrogens with zero attached hydrogens (tertiary/aromatic N) is 2. The monoisotopic (exact) mass is 373 g/mol. The minimum atomic E-state index is 0.249. The van der Waals surface area contributed by atoms with Crippen LogP contribution in [0.5, 0.6) is 0 Å². The van der Waals surface area contributed by atoms with E-state index < -0.39 is 0 Å². The molecule has 3 aromatic rings. The highest BCUT2D eigenvalue weighted by molar-refractivity contribution is 7.80. The summed E-state index contributed by atoms with van der Waals surface area (Å²) in [5.74, 6) is 0. The van der Waals surface area contributed by atoms with Crippen molar-refractivity contribution < 1.29 is 0 Å². The third kappa shape index (κ3) is 4.18. The first-order valence-corrected chi connectivity index (χ1v) is 9.71. The van der Waals surface area contributed by atoms with Crippen molar-refractivity contribution in [1.82, 2.24) is 10.0 Å². The smallest absolute Gasteiger partial charge is 0.188 e. The van der Waals surface area contributed by atoms with Gasteiger partial charge in [-0.1, -0.05) is 78.9 Å². The number of anilines is 1. The predicted molar refractivity (Wildman–Crippen MR) is 115 cm³/mol. The highest BCUT2D eigenvalue weighted by atomic mass is 32.1. The Morgan fingerprint density at radius 3 is 2.11 bits per heavy atom. The number of rotatable bonds is 4. The zero-order valence-corrected chi connectivity index (χ0v) is 16.0. The molecule has 4 heteroatoms. The predicted octanol–water partition coefficient (Wildman–Crippen LogP) is 5.25. The normalized spacial score (nSPS) is 17.0. The number of hydrogen-bond donors (Lipinski definition) is 1. The topological polar surface area (TPSA) is 18.5 Å². The molecule has 0 bridgehead atoms. The molecular weight excluding hydrogens is 350 g/mol. The van der Waals surface area contributed by atoms with Gasteiger partial charge >= 0.3 is 0 Å². The van der Waals surface area contributed by atoms with Crippen LogP contribution in [0.1, 0.15) is 23.6 Å². The summed E-state index contributed by atoms with van der Waals surface area (Å²) < 4.78 is 0. The van der Waals surface area contributed by atoms with Crippen molar-refractivity contribution >= 4 is 23.0 Å². The van der Waals surface area contributed by atoms with Crippen LogP contribution >= 0.6 is 12.2 Å². The molecule has 0 aromatic heterocycles. The summed E-state index contributed by atoms with van der Waals surface area (Å²) in [4.78, 5) is 0. The third-order valence-corrected chi connectivity index (χ3v) is 5.18. The zero-order chi connectivity index (χ0) is 18.5. The summed E-state index contributed by atoms with van der Waals surface area (Å²) in [5.41, 5.74) is 3.60. The van der Waals surface area contributed by atoms with Crippen molar-refractivity contribution in [3.8, 4) is 0 Å². The Bertz CT molecular complexity index is 868. The fraction of sp³-hybridized carbons (Fsp3) is 0.174. The number of hydrazine groups is 1. The van der Waals surface area contributed by atoms with E-state index in [-0.39, 0.29) is 6.04 Å². The van der Waals surface area contributed by atoms with Crippen LogP contribution in [0.25, 0.3) is 0 Å². The van der Waals surface area contributed by atoms with Crippen molar-refractivity contribution in [3.05, 3.63) is 102 Å². The SMILES string of the molecule is S=C(Nc1ccccc1)N1[C@H](c2ccccc2)CCN1Cc1ccccc1. The molecule has 136 valence electrons.